The molecule has 2 nitrogen and oxygen atoms in total. The van der Waals surface area contributed by atoms with Gasteiger partial charge in [0.25, 0.3) is 0 Å². The summed E-state index contributed by atoms with van der Waals surface area (Å²) in [4.78, 5) is 0. The SMILES string of the molecule is [Co][N]=[N][Co]. The quantitative estimate of drug-likeness (QED) is 0.440. The van der Waals surface area contributed by atoms with Gasteiger partial charge in [-0.15, -0.1) is 0 Å². The molecule has 0 aliphatic heterocycles. The molecule has 0 radical (unpaired) electrons. The van der Waals surface area contributed by atoms with E-state index in [1.807, 2.05) is 0 Å². The van der Waals surface area contributed by atoms with Gasteiger partial charge >= 0.3 is 40.2 Å². The van der Waals surface area contributed by atoms with Crippen LogP contribution in [0.4, 0.5) is 0 Å². The Bertz CT molecular complexity index is 19.2. The van der Waals surface area contributed by atoms with Crippen LogP contribution >= 0.6 is 0 Å². The third kappa shape index (κ3) is 2.61. The number of rotatable bonds is 0. The van der Waals surface area contributed by atoms with E-state index in [4.69, 9.17) is 0 Å². The van der Waals surface area contributed by atoms with Gasteiger partial charge in [0.2, 0.25) is 0 Å². The molecular formula is Co2N2. The predicted octanol–water partition coefficient (Wildman–Crippen LogP) is 0.362. The van der Waals surface area contributed by atoms with Gasteiger partial charge in [-0.25, -0.2) is 0 Å². The molecule has 0 N–H and O–H groups in total. The summed E-state index contributed by atoms with van der Waals surface area (Å²) >= 11 is 6.68. The molecule has 0 saturated heterocycles. The zero-order valence-electron chi connectivity index (χ0n) is 1.56. The molecule has 0 aliphatic carbocycles. The molecule has 0 aromatic heterocycles. The van der Waals surface area contributed by atoms with Gasteiger partial charge in [-0.1, -0.05) is 0 Å². The van der Waals surface area contributed by atoms with Crippen LogP contribution in [-0.4, -0.2) is 0 Å². The van der Waals surface area contributed by atoms with Crippen molar-refractivity contribution in [1.29, 1.82) is 0 Å². The first kappa shape index (κ1) is 4.61. The van der Waals surface area contributed by atoms with Crippen LogP contribution in [0.5, 0.6) is 0 Å². The van der Waals surface area contributed by atoms with Crippen LogP contribution in [0.25, 0.3) is 0 Å². The van der Waals surface area contributed by atoms with Crippen molar-refractivity contribution in [3.05, 3.63) is 0 Å². The Balaban J connectivity index is 2.55. The summed E-state index contributed by atoms with van der Waals surface area (Å²) in [5.74, 6) is 0. The monoisotopic (exact) mass is 146 g/mol. The summed E-state index contributed by atoms with van der Waals surface area (Å²) in [6.45, 7) is 0. The van der Waals surface area contributed by atoms with Gasteiger partial charge in [-0.3, -0.25) is 0 Å². The summed E-state index contributed by atoms with van der Waals surface area (Å²) in [5, 5.41) is 0. The van der Waals surface area contributed by atoms with Crippen molar-refractivity contribution in [2.75, 3.05) is 0 Å². The van der Waals surface area contributed by atoms with Crippen LogP contribution in [0.15, 0.2) is 8.33 Å². The van der Waals surface area contributed by atoms with Gasteiger partial charge in [-0.2, -0.15) is 0 Å². The van der Waals surface area contributed by atoms with Crippen LogP contribution < -0.4 is 0 Å². The van der Waals surface area contributed by atoms with Crippen LogP contribution in [0, 0.1) is 0 Å². The number of nitrogens with zero attached hydrogens (tertiary/aromatic N) is 2. The molecule has 0 rings (SSSR count). The molecule has 0 saturated carbocycles. The summed E-state index contributed by atoms with van der Waals surface area (Å²) in [5.41, 5.74) is 0. The van der Waals surface area contributed by atoms with Crippen molar-refractivity contribution >= 4 is 0 Å². The van der Waals surface area contributed by atoms with Crippen molar-refractivity contribution in [1.82, 2.24) is 0 Å². The van der Waals surface area contributed by atoms with E-state index in [0.717, 1.165) is 0 Å². The van der Waals surface area contributed by atoms with Crippen molar-refractivity contribution in [3.63, 3.8) is 0 Å². The summed E-state index contributed by atoms with van der Waals surface area (Å²) in [6.07, 6.45) is 0. The van der Waals surface area contributed by atoms with Crippen LogP contribution in [0.3, 0.4) is 0 Å². The van der Waals surface area contributed by atoms with Gasteiger partial charge in [0, 0.05) is 0 Å². The summed E-state index contributed by atoms with van der Waals surface area (Å²) in [6, 6.07) is 0. The zero-order valence-corrected chi connectivity index (χ0v) is 3.64. The molecular weight excluding hydrogens is 146 g/mol. The first-order valence-electron chi connectivity index (χ1n) is 0.498. The second-order valence-corrected chi connectivity index (χ2v) is 0.550. The number of hydrogen-bond acceptors (Lipinski definition) is 2. The molecule has 28 valence electrons. The molecule has 0 aromatic rings. The fourth-order valence-electron chi connectivity index (χ4n) is 0. The maximum atomic E-state index is 3.34. The Hall–Kier alpha value is 0.613. The molecule has 0 aliphatic rings. The zero-order chi connectivity index (χ0) is 3.41. The standard InChI is InChI=1S/2Co.N2/c;;1-2/q2*+1;-2. The van der Waals surface area contributed by atoms with Crippen LogP contribution in [0.2, 0.25) is 0 Å². The Labute approximate surface area is 40.7 Å². The normalized spacial score (nSPS) is 10.0. The van der Waals surface area contributed by atoms with Gasteiger partial charge in [-0.05, 0) is 0 Å². The van der Waals surface area contributed by atoms with E-state index in [1.54, 1.807) is 0 Å². The second-order valence-electron chi connectivity index (χ2n) is 0.133. The Kier molecular flexibility index (Phi) is 4.17. The molecule has 4 heteroatoms. The maximum absolute atomic E-state index is 3.34. The minimum atomic E-state index is 2.91. The molecule has 0 bridgehead atoms. The molecule has 0 atom stereocenters. The van der Waals surface area contributed by atoms with Gasteiger partial charge in [0.15, 0.2) is 0 Å². The molecule has 4 heavy (non-hydrogen) atoms. The van der Waals surface area contributed by atoms with Gasteiger partial charge in [0.1, 0.15) is 0 Å². The first-order valence-corrected chi connectivity index (χ1v) is 1.43. The molecule has 0 heterocycles. The van der Waals surface area contributed by atoms with Crippen molar-refractivity contribution in [2.45, 2.75) is 0 Å². The van der Waals surface area contributed by atoms with Gasteiger partial charge < -0.3 is 0 Å². The van der Waals surface area contributed by atoms with E-state index in [1.165, 1.54) is 0 Å². The average molecular weight is 146 g/mol. The summed E-state index contributed by atoms with van der Waals surface area (Å²) in [7, 11) is 0. The van der Waals surface area contributed by atoms with Crippen LogP contribution in [0.1, 0.15) is 0 Å². The molecule has 0 aromatic carbocycles. The van der Waals surface area contributed by atoms with E-state index < -0.39 is 0 Å². The van der Waals surface area contributed by atoms with Crippen LogP contribution in [-0.2, 0) is 31.9 Å². The van der Waals surface area contributed by atoms with Crippen molar-refractivity contribution < 1.29 is 31.9 Å². The minimum absolute atomic E-state index is 2.91. The Morgan fingerprint density at radius 3 is 1.25 bits per heavy atom. The van der Waals surface area contributed by atoms with Gasteiger partial charge in [0.05, 0.1) is 0 Å². The molecule has 0 unspecified atom stereocenters. The number of hydrogen-bond donors (Lipinski definition) is 0. The average Bonchev–Trinajstić information content (AvgIpc) is 1.37. The molecule has 0 spiro atoms. The third-order valence-electron chi connectivity index (χ3n) is 0.0222. The predicted molar refractivity (Wildman–Crippen MR) is 4.86 cm³/mol. The van der Waals surface area contributed by atoms with Crippen molar-refractivity contribution in [3.8, 4) is 0 Å². The van der Waals surface area contributed by atoms with E-state index in [9.17, 15) is 0 Å². The van der Waals surface area contributed by atoms with Crippen molar-refractivity contribution in [2.24, 2.45) is 8.33 Å². The molecule has 0 amide bonds. The molecule has 0 fully saturated rings. The Morgan fingerprint density at radius 1 is 1.00 bits per heavy atom. The van der Waals surface area contributed by atoms with E-state index in [-0.39, 0.29) is 0 Å². The third-order valence-corrected chi connectivity index (χ3v) is 0.378. The second kappa shape index (κ2) is 3.61. The van der Waals surface area contributed by atoms with E-state index in [0.29, 0.717) is 0 Å². The topological polar surface area (TPSA) is 24.7 Å². The Morgan fingerprint density at radius 2 is 1.25 bits per heavy atom. The van der Waals surface area contributed by atoms with E-state index in [2.05, 4.69) is 40.2 Å². The van der Waals surface area contributed by atoms with E-state index >= 15 is 0 Å². The first-order chi connectivity index (χ1) is 1.91. The fourth-order valence-corrected chi connectivity index (χ4v) is 0. The fraction of sp³-hybridized carbons (Fsp3) is 0. The summed E-state index contributed by atoms with van der Waals surface area (Å²) < 4.78 is 5.82.